The van der Waals surface area contributed by atoms with Gasteiger partial charge in [0.05, 0.1) is 12.0 Å². The van der Waals surface area contributed by atoms with Crippen molar-refractivity contribution in [3.8, 4) is 0 Å². The summed E-state index contributed by atoms with van der Waals surface area (Å²) < 4.78 is 5.25. The monoisotopic (exact) mass is 396 g/mol. The molecule has 2 aromatic heterocycles. The van der Waals surface area contributed by atoms with Crippen LogP contribution in [0.4, 0.5) is 0 Å². The van der Waals surface area contributed by atoms with Crippen molar-refractivity contribution in [3.63, 3.8) is 0 Å². The van der Waals surface area contributed by atoms with Gasteiger partial charge in [-0.2, -0.15) is 0 Å². The number of rotatable bonds is 4. The molecule has 0 fully saturated rings. The van der Waals surface area contributed by atoms with Crippen LogP contribution in [0.1, 0.15) is 45.4 Å². The van der Waals surface area contributed by atoms with Crippen molar-refractivity contribution >= 4 is 39.2 Å². The number of ether oxygens (including phenoxy) is 1. The normalized spacial score (nSPS) is 11.9. The van der Waals surface area contributed by atoms with Gasteiger partial charge in [-0.3, -0.25) is 4.79 Å². The van der Waals surface area contributed by atoms with E-state index in [1.165, 1.54) is 11.3 Å². The van der Waals surface area contributed by atoms with E-state index in [-0.39, 0.29) is 23.6 Å². The molecular formula is C22H24N2O3S. The van der Waals surface area contributed by atoms with Crippen molar-refractivity contribution in [2.45, 2.75) is 41.5 Å². The molecule has 2 heterocycles. The lowest BCUT2D eigenvalue weighted by atomic mass is 9.97. The molecule has 0 amide bonds. The minimum atomic E-state index is -0.505. The van der Waals surface area contributed by atoms with Gasteiger partial charge in [-0.05, 0) is 69.9 Å². The van der Waals surface area contributed by atoms with Crippen LogP contribution in [0.25, 0.3) is 21.9 Å². The summed E-state index contributed by atoms with van der Waals surface area (Å²) in [6.07, 6.45) is 1.76. The first-order chi connectivity index (χ1) is 13.2. The van der Waals surface area contributed by atoms with Gasteiger partial charge in [0.25, 0.3) is 5.56 Å². The molecule has 6 heteroatoms. The van der Waals surface area contributed by atoms with Crippen LogP contribution in [-0.2, 0) is 9.53 Å². The van der Waals surface area contributed by atoms with Crippen LogP contribution in [0.15, 0.2) is 16.9 Å². The molecule has 0 aliphatic heterocycles. The maximum absolute atomic E-state index is 12.7. The average molecular weight is 397 g/mol. The minimum Gasteiger partial charge on any atom is -0.462 e. The number of esters is 1. The van der Waals surface area contributed by atoms with Gasteiger partial charge >= 0.3 is 5.97 Å². The molecule has 1 N–H and O–H groups in total. The van der Waals surface area contributed by atoms with Crippen molar-refractivity contribution in [2.24, 2.45) is 0 Å². The van der Waals surface area contributed by atoms with E-state index in [2.05, 4.69) is 22.1 Å². The van der Waals surface area contributed by atoms with E-state index in [9.17, 15) is 9.59 Å². The maximum Gasteiger partial charge on any atom is 0.341 e. The second kappa shape index (κ2) is 7.72. The molecule has 146 valence electrons. The second-order valence-corrected chi connectivity index (χ2v) is 8.17. The number of carbonyl (C=O) groups excluding carboxylic acids is 1. The van der Waals surface area contributed by atoms with E-state index in [0.717, 1.165) is 32.7 Å². The van der Waals surface area contributed by atoms with Crippen molar-refractivity contribution in [3.05, 3.63) is 61.0 Å². The van der Waals surface area contributed by atoms with Crippen LogP contribution in [-0.4, -0.2) is 22.5 Å². The summed E-state index contributed by atoms with van der Waals surface area (Å²) >= 11 is 1.45. The largest absolute Gasteiger partial charge is 0.462 e. The van der Waals surface area contributed by atoms with Crippen molar-refractivity contribution in [1.82, 2.24) is 9.97 Å². The molecule has 0 unspecified atom stereocenters. The highest BCUT2D eigenvalue weighted by Gasteiger charge is 2.20. The number of nitrogens with zero attached hydrogens (tertiary/aromatic N) is 1. The number of nitrogens with one attached hydrogen (secondary N) is 1. The Bertz CT molecular complexity index is 1150. The summed E-state index contributed by atoms with van der Waals surface area (Å²) in [5, 5.41) is 0.581. The van der Waals surface area contributed by atoms with Crippen LogP contribution in [0, 0.1) is 34.6 Å². The first-order valence-corrected chi connectivity index (χ1v) is 10.0. The zero-order valence-corrected chi connectivity index (χ0v) is 17.8. The fraction of sp³-hybridized carbons (Fsp3) is 0.318. The molecule has 0 radical (unpaired) electrons. The van der Waals surface area contributed by atoms with E-state index in [1.807, 2.05) is 34.6 Å². The van der Waals surface area contributed by atoms with E-state index < -0.39 is 5.97 Å². The zero-order chi connectivity index (χ0) is 20.6. The van der Waals surface area contributed by atoms with Crippen molar-refractivity contribution in [2.75, 3.05) is 6.61 Å². The first kappa shape index (κ1) is 20.0. The van der Waals surface area contributed by atoms with E-state index in [4.69, 9.17) is 4.74 Å². The molecule has 0 saturated heterocycles. The summed E-state index contributed by atoms with van der Waals surface area (Å²) in [6.45, 7) is 11.9. The highest BCUT2D eigenvalue weighted by molar-refractivity contribution is 7.18. The molecule has 3 aromatic rings. The SMILES string of the molecule is CCOC(=O)/C(=C\c1c(C)cc(C)cc1C)c1nc2sc(C)c(C)c2c(=O)[nH]1. The number of thiophene rings is 1. The minimum absolute atomic E-state index is 0.233. The van der Waals surface area contributed by atoms with E-state index in [1.54, 1.807) is 13.0 Å². The quantitative estimate of drug-likeness (QED) is 0.515. The lowest BCUT2D eigenvalue weighted by Gasteiger charge is -2.11. The molecule has 0 spiro atoms. The van der Waals surface area contributed by atoms with E-state index in [0.29, 0.717) is 10.2 Å². The number of hydrogen-bond donors (Lipinski definition) is 1. The molecule has 0 aliphatic rings. The van der Waals surface area contributed by atoms with Gasteiger partial charge in [-0.25, -0.2) is 9.78 Å². The molecule has 0 atom stereocenters. The topological polar surface area (TPSA) is 72.0 Å². The summed E-state index contributed by atoms with van der Waals surface area (Å²) in [6, 6.07) is 4.12. The third-order valence-corrected chi connectivity index (χ3v) is 5.92. The number of aromatic nitrogens is 2. The van der Waals surface area contributed by atoms with Gasteiger partial charge in [0.2, 0.25) is 0 Å². The molecule has 0 bridgehead atoms. The molecule has 5 nitrogen and oxygen atoms in total. The summed E-state index contributed by atoms with van der Waals surface area (Å²) in [4.78, 5) is 34.4. The average Bonchev–Trinajstić information content (AvgIpc) is 2.88. The standard InChI is InChI=1S/C22H24N2O3S/c1-7-27-22(26)17(10-16-12(3)8-11(2)9-13(16)4)19-23-20(25)18-14(5)15(6)28-21(18)24-19/h8-10H,7H2,1-6H3,(H,23,24,25)/b17-10-. The number of hydrogen-bond acceptors (Lipinski definition) is 5. The summed E-state index contributed by atoms with van der Waals surface area (Å²) in [7, 11) is 0. The maximum atomic E-state index is 12.7. The first-order valence-electron chi connectivity index (χ1n) is 9.20. The molecule has 3 rings (SSSR count). The zero-order valence-electron chi connectivity index (χ0n) is 17.0. The fourth-order valence-electron chi connectivity index (χ4n) is 3.38. The Morgan fingerprint density at radius 3 is 2.43 bits per heavy atom. The second-order valence-electron chi connectivity index (χ2n) is 6.97. The third-order valence-electron chi connectivity index (χ3n) is 4.82. The van der Waals surface area contributed by atoms with Gasteiger partial charge in [-0.1, -0.05) is 17.7 Å². The number of H-pyrrole nitrogens is 1. The van der Waals surface area contributed by atoms with Gasteiger partial charge in [0.1, 0.15) is 16.2 Å². The highest BCUT2D eigenvalue weighted by atomic mass is 32.1. The van der Waals surface area contributed by atoms with Crippen LogP contribution in [0.3, 0.4) is 0 Å². The lowest BCUT2D eigenvalue weighted by Crippen LogP contribution is -2.16. The Kier molecular flexibility index (Phi) is 5.52. The van der Waals surface area contributed by atoms with Crippen LogP contribution < -0.4 is 5.56 Å². The molecule has 0 saturated carbocycles. The Morgan fingerprint density at radius 2 is 1.82 bits per heavy atom. The van der Waals surface area contributed by atoms with Crippen LogP contribution >= 0.6 is 11.3 Å². The van der Waals surface area contributed by atoms with Gasteiger partial charge in [0.15, 0.2) is 0 Å². The third kappa shape index (κ3) is 3.64. The molecule has 1 aromatic carbocycles. The molecule has 0 aliphatic carbocycles. The summed E-state index contributed by atoms with van der Waals surface area (Å²) in [5.41, 5.74) is 5.11. The van der Waals surface area contributed by atoms with Gasteiger partial charge in [0, 0.05) is 4.88 Å². The van der Waals surface area contributed by atoms with Crippen LogP contribution in [0.5, 0.6) is 0 Å². The Balaban J connectivity index is 2.26. The number of aromatic amines is 1. The smallest absolute Gasteiger partial charge is 0.341 e. The Morgan fingerprint density at radius 1 is 1.18 bits per heavy atom. The van der Waals surface area contributed by atoms with Crippen molar-refractivity contribution < 1.29 is 9.53 Å². The Labute approximate surface area is 168 Å². The lowest BCUT2D eigenvalue weighted by molar-refractivity contribution is -0.136. The van der Waals surface area contributed by atoms with Gasteiger partial charge in [-0.15, -0.1) is 11.3 Å². The predicted molar refractivity (Wildman–Crippen MR) is 115 cm³/mol. The van der Waals surface area contributed by atoms with Crippen molar-refractivity contribution in [1.29, 1.82) is 0 Å². The fourth-order valence-corrected chi connectivity index (χ4v) is 4.41. The number of aryl methyl sites for hydroxylation is 5. The molecular weight excluding hydrogens is 372 g/mol. The summed E-state index contributed by atoms with van der Waals surface area (Å²) in [5.74, 6) is -0.272. The number of fused-ring (bicyclic) bond motifs is 1. The van der Waals surface area contributed by atoms with Crippen LogP contribution in [0.2, 0.25) is 0 Å². The Hall–Kier alpha value is -2.73. The van der Waals surface area contributed by atoms with E-state index >= 15 is 0 Å². The molecule has 28 heavy (non-hydrogen) atoms. The predicted octanol–water partition coefficient (Wildman–Crippen LogP) is 4.63. The van der Waals surface area contributed by atoms with Gasteiger partial charge < -0.3 is 9.72 Å². The number of benzene rings is 1. The highest BCUT2D eigenvalue weighted by Crippen LogP contribution is 2.28. The number of carbonyl (C=O) groups is 1.